The monoisotopic (exact) mass is 468 g/mol. The number of nitrogens with zero attached hydrogens (tertiary/aromatic N) is 3. The minimum absolute atomic E-state index is 0.0159. The van der Waals surface area contributed by atoms with E-state index < -0.39 is 4.92 Å². The van der Waals surface area contributed by atoms with Crippen LogP contribution in [0.25, 0.3) is 38.8 Å². The number of non-ortho nitro benzene ring substituents is 1. The molecule has 0 radical (unpaired) electrons. The number of fused-ring (bicyclic) bond motifs is 3. The minimum Gasteiger partial charge on any atom is -0.495 e. The van der Waals surface area contributed by atoms with Crippen molar-refractivity contribution in [3.63, 3.8) is 0 Å². The summed E-state index contributed by atoms with van der Waals surface area (Å²) in [6, 6.07) is 19.9. The second kappa shape index (κ2) is 8.69. The highest BCUT2D eigenvalue weighted by Gasteiger charge is 2.14. The van der Waals surface area contributed by atoms with Crippen LogP contribution in [0.5, 0.6) is 5.75 Å². The molecule has 9 heteroatoms. The number of nitro benzene ring substituents is 1. The summed E-state index contributed by atoms with van der Waals surface area (Å²) in [4.78, 5) is 15.1. The third kappa shape index (κ3) is 3.83. The number of thiazole rings is 1. The molecule has 166 valence electrons. The Morgan fingerprint density at radius 2 is 2.03 bits per heavy atom. The number of rotatable bonds is 6. The Labute approximate surface area is 197 Å². The van der Waals surface area contributed by atoms with Gasteiger partial charge in [0, 0.05) is 46.1 Å². The molecular formula is C25H16N4O4S. The number of aromatic nitrogens is 1. The van der Waals surface area contributed by atoms with E-state index in [0.29, 0.717) is 38.9 Å². The van der Waals surface area contributed by atoms with Crippen LogP contribution >= 0.6 is 11.3 Å². The summed E-state index contributed by atoms with van der Waals surface area (Å²) < 4.78 is 11.5. The van der Waals surface area contributed by atoms with Crippen molar-refractivity contribution in [2.24, 2.45) is 0 Å². The Kier molecular flexibility index (Phi) is 5.41. The molecule has 0 saturated heterocycles. The van der Waals surface area contributed by atoms with Gasteiger partial charge in [0.15, 0.2) is 0 Å². The molecule has 0 aliphatic rings. The van der Waals surface area contributed by atoms with Crippen molar-refractivity contribution in [2.75, 3.05) is 12.4 Å². The fraction of sp³-hybridized carbons (Fsp3) is 0.0400. The van der Waals surface area contributed by atoms with Gasteiger partial charge in [-0.2, -0.15) is 5.26 Å². The molecule has 0 unspecified atom stereocenters. The Morgan fingerprint density at radius 1 is 1.18 bits per heavy atom. The number of para-hydroxylation sites is 1. The second-order valence-corrected chi connectivity index (χ2v) is 8.16. The van der Waals surface area contributed by atoms with Crippen LogP contribution in [-0.4, -0.2) is 17.0 Å². The molecular weight excluding hydrogens is 452 g/mol. The predicted octanol–water partition coefficient (Wildman–Crippen LogP) is 6.60. The topological polar surface area (TPSA) is 114 Å². The molecule has 0 fully saturated rings. The van der Waals surface area contributed by atoms with E-state index in [1.165, 1.54) is 23.5 Å². The standard InChI is InChI=1S/C25H16N4O4S/c1-32-24-10-19-18-7-2-3-8-22(18)33-23(19)11-20(24)27-13-16(12-26)25-28-21(14-34-25)15-5-4-6-17(9-15)29(30)31/h2-11,13-14,27H,1H3/b16-13+. The van der Waals surface area contributed by atoms with Crippen molar-refractivity contribution in [3.8, 4) is 23.1 Å². The van der Waals surface area contributed by atoms with E-state index in [4.69, 9.17) is 9.15 Å². The molecule has 0 aliphatic carbocycles. The van der Waals surface area contributed by atoms with Crippen LogP contribution in [0.1, 0.15) is 5.01 Å². The van der Waals surface area contributed by atoms with Gasteiger partial charge in [0.05, 0.1) is 23.4 Å². The molecule has 0 aliphatic heterocycles. The number of methoxy groups -OCH3 is 1. The highest BCUT2D eigenvalue weighted by atomic mass is 32.1. The SMILES string of the molecule is COc1cc2c(cc1N/C=C(\C#N)c1nc(-c3cccc([N+](=O)[O-])c3)cs1)oc1ccccc12. The summed E-state index contributed by atoms with van der Waals surface area (Å²) in [5.41, 5.74) is 3.58. The van der Waals surface area contributed by atoms with E-state index in [2.05, 4.69) is 16.4 Å². The second-order valence-electron chi connectivity index (χ2n) is 7.31. The summed E-state index contributed by atoms with van der Waals surface area (Å²) >= 11 is 1.28. The van der Waals surface area contributed by atoms with E-state index in [1.54, 1.807) is 30.8 Å². The maximum Gasteiger partial charge on any atom is 0.270 e. The highest BCUT2D eigenvalue weighted by molar-refractivity contribution is 7.11. The zero-order valence-corrected chi connectivity index (χ0v) is 18.6. The number of ether oxygens (including phenoxy) is 1. The molecule has 8 nitrogen and oxygen atoms in total. The number of nitriles is 1. The molecule has 2 aromatic heterocycles. The van der Waals surface area contributed by atoms with Gasteiger partial charge in [-0.05, 0) is 12.1 Å². The summed E-state index contributed by atoms with van der Waals surface area (Å²) in [5, 5.41) is 28.1. The summed E-state index contributed by atoms with van der Waals surface area (Å²) in [5.74, 6) is 0.601. The van der Waals surface area contributed by atoms with E-state index in [-0.39, 0.29) is 5.69 Å². The van der Waals surface area contributed by atoms with Crippen LogP contribution in [0.4, 0.5) is 11.4 Å². The van der Waals surface area contributed by atoms with Crippen molar-refractivity contribution in [1.29, 1.82) is 5.26 Å². The molecule has 0 atom stereocenters. The van der Waals surface area contributed by atoms with E-state index >= 15 is 0 Å². The first-order valence-corrected chi connectivity index (χ1v) is 11.0. The molecule has 5 aromatic rings. The fourth-order valence-corrected chi connectivity index (χ4v) is 4.43. The van der Waals surface area contributed by atoms with Gasteiger partial charge in [0.2, 0.25) is 0 Å². The maximum atomic E-state index is 11.1. The van der Waals surface area contributed by atoms with Gasteiger partial charge >= 0.3 is 0 Å². The van der Waals surface area contributed by atoms with Gasteiger partial charge in [-0.25, -0.2) is 4.98 Å². The molecule has 0 bridgehead atoms. The van der Waals surface area contributed by atoms with Crippen molar-refractivity contribution in [3.05, 3.63) is 87.4 Å². The molecule has 1 N–H and O–H groups in total. The molecule has 0 saturated carbocycles. The van der Waals surface area contributed by atoms with Crippen LogP contribution in [0.3, 0.4) is 0 Å². The van der Waals surface area contributed by atoms with Crippen molar-refractivity contribution in [1.82, 2.24) is 4.98 Å². The van der Waals surface area contributed by atoms with Gasteiger partial charge in [-0.3, -0.25) is 10.1 Å². The molecule has 34 heavy (non-hydrogen) atoms. The maximum absolute atomic E-state index is 11.1. The lowest BCUT2D eigenvalue weighted by Gasteiger charge is -2.08. The average Bonchev–Trinajstić information content (AvgIpc) is 3.49. The Balaban J connectivity index is 1.47. The average molecular weight is 468 g/mol. The van der Waals surface area contributed by atoms with Crippen LogP contribution < -0.4 is 10.1 Å². The van der Waals surface area contributed by atoms with Crippen molar-refractivity contribution < 1.29 is 14.1 Å². The minimum atomic E-state index is -0.451. The number of nitrogens with one attached hydrogen (secondary N) is 1. The summed E-state index contributed by atoms with van der Waals surface area (Å²) in [6.45, 7) is 0. The first-order valence-electron chi connectivity index (χ1n) is 10.1. The number of hydrogen-bond donors (Lipinski definition) is 1. The lowest BCUT2D eigenvalue weighted by Crippen LogP contribution is -1.95. The van der Waals surface area contributed by atoms with Crippen LogP contribution in [0.2, 0.25) is 0 Å². The first kappa shape index (κ1) is 21.2. The number of furan rings is 1. The Hall–Kier alpha value is -4.68. The smallest absolute Gasteiger partial charge is 0.270 e. The van der Waals surface area contributed by atoms with Gasteiger partial charge in [-0.1, -0.05) is 30.3 Å². The lowest BCUT2D eigenvalue weighted by atomic mass is 10.1. The lowest BCUT2D eigenvalue weighted by molar-refractivity contribution is -0.384. The van der Waals surface area contributed by atoms with Gasteiger partial charge in [-0.15, -0.1) is 11.3 Å². The zero-order valence-electron chi connectivity index (χ0n) is 17.8. The number of anilines is 1. The first-order chi connectivity index (χ1) is 16.6. The number of hydrogen-bond acceptors (Lipinski definition) is 8. The molecule has 2 heterocycles. The molecule has 5 rings (SSSR count). The van der Waals surface area contributed by atoms with Gasteiger partial charge in [0.25, 0.3) is 5.69 Å². The van der Waals surface area contributed by atoms with Crippen molar-refractivity contribution in [2.45, 2.75) is 0 Å². The van der Waals surface area contributed by atoms with E-state index in [0.717, 1.165) is 16.4 Å². The molecule has 0 amide bonds. The number of allylic oxidation sites excluding steroid dienone is 1. The van der Waals surface area contributed by atoms with Crippen molar-refractivity contribution >= 4 is 50.2 Å². The quantitative estimate of drug-likeness (QED) is 0.169. The van der Waals surface area contributed by atoms with Gasteiger partial charge in [0.1, 0.15) is 33.6 Å². The summed E-state index contributed by atoms with van der Waals surface area (Å²) in [7, 11) is 1.58. The number of benzene rings is 3. The Morgan fingerprint density at radius 3 is 2.82 bits per heavy atom. The highest BCUT2D eigenvalue weighted by Crippen LogP contribution is 2.37. The zero-order chi connectivity index (χ0) is 23.7. The molecule has 3 aromatic carbocycles. The molecule has 0 spiro atoms. The van der Waals surface area contributed by atoms with Crippen LogP contribution in [0.15, 0.2) is 76.7 Å². The van der Waals surface area contributed by atoms with Crippen LogP contribution in [0, 0.1) is 21.4 Å². The van der Waals surface area contributed by atoms with E-state index in [9.17, 15) is 15.4 Å². The fourth-order valence-electron chi connectivity index (χ4n) is 3.63. The third-order valence-electron chi connectivity index (χ3n) is 5.28. The summed E-state index contributed by atoms with van der Waals surface area (Å²) in [6.07, 6.45) is 1.56. The van der Waals surface area contributed by atoms with Crippen LogP contribution in [-0.2, 0) is 0 Å². The predicted molar refractivity (Wildman–Crippen MR) is 132 cm³/mol. The number of nitro groups is 1. The van der Waals surface area contributed by atoms with E-state index in [1.807, 2.05) is 36.4 Å². The normalized spacial score (nSPS) is 11.5. The van der Waals surface area contributed by atoms with Gasteiger partial charge < -0.3 is 14.5 Å². The third-order valence-corrected chi connectivity index (χ3v) is 6.15. The Bertz CT molecular complexity index is 1630. The largest absolute Gasteiger partial charge is 0.495 e.